The number of carbonyl (C=O) groups is 4. The third kappa shape index (κ3) is 7.72. The van der Waals surface area contributed by atoms with Gasteiger partial charge >= 0.3 is 18.1 Å². The molecule has 0 spiro atoms. The summed E-state index contributed by atoms with van der Waals surface area (Å²) >= 11 is 0. The van der Waals surface area contributed by atoms with Gasteiger partial charge in [0.05, 0.1) is 5.92 Å². The second-order valence-corrected chi connectivity index (χ2v) is 8.02. The van der Waals surface area contributed by atoms with Gasteiger partial charge in [0.1, 0.15) is 0 Å². The Labute approximate surface area is 194 Å². The smallest absolute Gasteiger partial charge is 0.478 e. The first-order valence-corrected chi connectivity index (χ1v) is 10.8. The Morgan fingerprint density at radius 3 is 2.47 bits per heavy atom. The van der Waals surface area contributed by atoms with Crippen LogP contribution in [0.4, 0.5) is 13.2 Å². The Bertz CT molecular complexity index is 865. The maximum Gasteiger partial charge on any atom is 0.490 e. The highest BCUT2D eigenvalue weighted by atomic mass is 19.4. The number of hydrogen-bond acceptors (Lipinski definition) is 6. The van der Waals surface area contributed by atoms with Crippen LogP contribution in [0.25, 0.3) is 0 Å². The zero-order valence-electron chi connectivity index (χ0n) is 18.4. The molecule has 0 bridgehead atoms. The van der Waals surface area contributed by atoms with E-state index in [4.69, 9.17) is 5.73 Å². The number of carboxylic acids is 1. The summed E-state index contributed by atoms with van der Waals surface area (Å²) in [6.07, 6.45) is -6.10. The third-order valence-corrected chi connectivity index (χ3v) is 5.50. The van der Waals surface area contributed by atoms with Crippen molar-refractivity contribution in [2.75, 3.05) is 26.2 Å². The molecule has 12 heteroatoms. The molecule has 0 aromatic heterocycles. The fourth-order valence-electron chi connectivity index (χ4n) is 3.84. The van der Waals surface area contributed by atoms with Gasteiger partial charge in [0, 0.05) is 32.0 Å². The average molecular weight is 487 g/mol. The van der Waals surface area contributed by atoms with Gasteiger partial charge in [0.25, 0.3) is 0 Å². The molecule has 34 heavy (non-hydrogen) atoms. The van der Waals surface area contributed by atoms with Crippen molar-refractivity contribution >= 4 is 23.8 Å². The van der Waals surface area contributed by atoms with Crippen LogP contribution in [0.15, 0.2) is 30.3 Å². The summed E-state index contributed by atoms with van der Waals surface area (Å²) in [5.74, 6) is -8.14. The Morgan fingerprint density at radius 2 is 1.88 bits per heavy atom. The molecule has 2 amide bonds. The molecule has 2 rings (SSSR count). The van der Waals surface area contributed by atoms with Gasteiger partial charge in [-0.25, -0.2) is 9.59 Å². The molecule has 188 valence electrons. The molecule has 0 radical (unpaired) electrons. The summed E-state index contributed by atoms with van der Waals surface area (Å²) in [6, 6.07) is 9.40. The Kier molecular flexibility index (Phi) is 9.84. The fourth-order valence-corrected chi connectivity index (χ4v) is 3.84. The molecular weight excluding hydrogens is 459 g/mol. The van der Waals surface area contributed by atoms with Crippen molar-refractivity contribution in [3.63, 3.8) is 0 Å². The number of amides is 2. The summed E-state index contributed by atoms with van der Waals surface area (Å²) in [5.41, 5.74) is 6.38. The van der Waals surface area contributed by atoms with Crippen LogP contribution in [0, 0.1) is 11.8 Å². The van der Waals surface area contributed by atoms with Crippen molar-refractivity contribution in [2.45, 2.75) is 38.0 Å². The fraction of sp³-hybridized carbons (Fsp3) is 0.545. The second-order valence-electron chi connectivity index (χ2n) is 8.02. The lowest BCUT2D eigenvalue weighted by Crippen LogP contribution is -2.45. The number of alkyl halides is 3. The van der Waals surface area contributed by atoms with Crippen molar-refractivity contribution < 1.29 is 42.2 Å². The highest BCUT2D eigenvalue weighted by molar-refractivity contribution is 5.90. The van der Waals surface area contributed by atoms with Gasteiger partial charge in [0.15, 0.2) is 0 Å². The van der Waals surface area contributed by atoms with Gasteiger partial charge in [-0.05, 0) is 31.4 Å². The number of rotatable bonds is 12. The van der Waals surface area contributed by atoms with Crippen LogP contribution in [-0.2, 0) is 30.3 Å². The molecule has 9 nitrogen and oxygen atoms in total. The number of halogens is 3. The zero-order valence-corrected chi connectivity index (χ0v) is 18.4. The van der Waals surface area contributed by atoms with E-state index in [2.05, 4.69) is 10.1 Å². The van der Waals surface area contributed by atoms with Gasteiger partial charge < -0.3 is 25.8 Å². The Morgan fingerprint density at radius 1 is 1.21 bits per heavy atom. The van der Waals surface area contributed by atoms with Gasteiger partial charge in [-0.3, -0.25) is 9.59 Å². The monoisotopic (exact) mass is 487 g/mol. The highest BCUT2D eigenvalue weighted by Crippen LogP contribution is 2.31. The first-order chi connectivity index (χ1) is 16.0. The summed E-state index contributed by atoms with van der Waals surface area (Å²) in [7, 11) is 0. The van der Waals surface area contributed by atoms with Crippen LogP contribution in [0.2, 0.25) is 0 Å². The minimum atomic E-state index is -5.42. The normalized spacial score (nSPS) is 19.1. The molecule has 1 fully saturated rings. The van der Waals surface area contributed by atoms with Crippen molar-refractivity contribution in [1.82, 2.24) is 10.2 Å². The predicted molar refractivity (Wildman–Crippen MR) is 113 cm³/mol. The number of nitrogens with two attached hydrogens (primary N) is 1. The number of aliphatic carboxylic acids is 1. The molecule has 1 saturated heterocycles. The quantitative estimate of drug-likeness (QED) is 0.375. The minimum absolute atomic E-state index is 0.00278. The highest BCUT2D eigenvalue weighted by Gasteiger charge is 2.52. The molecule has 0 aliphatic carbocycles. The molecule has 1 aromatic carbocycles. The first kappa shape index (κ1) is 27.1. The number of hydrogen-bond donors (Lipinski definition) is 3. The van der Waals surface area contributed by atoms with Crippen LogP contribution < -0.4 is 11.1 Å². The standard InChI is InChI=1S/C22H28F3N3O6/c23-22(24,25)21(33)34-18(20(31)32)17-15(12-27-16(29)9-4-10-26)13-28(19(17)30)11-5-8-14-6-2-1-3-7-14/h1-3,6-7,15,17-18H,4-5,8-13,26H2,(H,27,29)(H,31,32). The first-order valence-electron chi connectivity index (χ1n) is 10.8. The van der Waals surface area contributed by atoms with Crippen molar-refractivity contribution in [2.24, 2.45) is 17.6 Å². The number of carbonyl (C=O) groups excluding carboxylic acids is 3. The van der Waals surface area contributed by atoms with Crippen molar-refractivity contribution in [1.29, 1.82) is 0 Å². The molecule has 3 atom stereocenters. The van der Waals surface area contributed by atoms with Gasteiger partial charge in [-0.2, -0.15) is 13.2 Å². The Balaban J connectivity index is 2.15. The summed E-state index contributed by atoms with van der Waals surface area (Å²) < 4.78 is 42.3. The van der Waals surface area contributed by atoms with Crippen molar-refractivity contribution in [3.8, 4) is 0 Å². The lowest BCUT2D eigenvalue weighted by molar-refractivity contribution is -0.210. The van der Waals surface area contributed by atoms with E-state index in [1.807, 2.05) is 30.3 Å². The molecule has 0 saturated carbocycles. The van der Waals surface area contributed by atoms with Crippen LogP contribution in [0.3, 0.4) is 0 Å². The molecule has 1 aliphatic rings. The van der Waals surface area contributed by atoms with E-state index < -0.39 is 47.9 Å². The number of likely N-dealkylation sites (tertiary alicyclic amines) is 1. The van der Waals surface area contributed by atoms with E-state index in [1.54, 1.807) is 0 Å². The topological polar surface area (TPSA) is 139 Å². The van der Waals surface area contributed by atoms with E-state index >= 15 is 0 Å². The third-order valence-electron chi connectivity index (χ3n) is 5.50. The summed E-state index contributed by atoms with van der Waals surface area (Å²) in [4.78, 5) is 49.3. The maximum absolute atomic E-state index is 13.0. The molecule has 4 N–H and O–H groups in total. The Hall–Kier alpha value is -3.15. The molecule has 3 unspecified atom stereocenters. The SMILES string of the molecule is NCCCC(=O)NCC1CN(CCCc2ccccc2)C(=O)C1C(OC(=O)C(F)(F)F)C(=O)O. The van der Waals surface area contributed by atoms with Crippen LogP contribution >= 0.6 is 0 Å². The average Bonchev–Trinajstić information content (AvgIpc) is 3.09. The number of nitrogens with one attached hydrogen (secondary N) is 1. The van der Waals surface area contributed by atoms with E-state index in [0.29, 0.717) is 19.3 Å². The van der Waals surface area contributed by atoms with Crippen molar-refractivity contribution in [3.05, 3.63) is 35.9 Å². The number of esters is 1. The lowest BCUT2D eigenvalue weighted by atomic mass is 9.89. The number of nitrogens with zero attached hydrogens (tertiary/aromatic N) is 1. The summed E-state index contributed by atoms with van der Waals surface area (Å²) in [6.45, 7) is 0.341. The van der Waals surface area contributed by atoms with E-state index in [1.165, 1.54) is 4.90 Å². The van der Waals surface area contributed by atoms with Crippen LogP contribution in [0.5, 0.6) is 0 Å². The predicted octanol–water partition coefficient (Wildman–Crippen LogP) is 1.11. The summed E-state index contributed by atoms with van der Waals surface area (Å²) in [5, 5.41) is 12.0. The number of carboxylic acid groups (broad SMARTS) is 1. The number of aryl methyl sites for hydroxylation is 1. The molecule has 1 aliphatic heterocycles. The maximum atomic E-state index is 13.0. The number of benzene rings is 1. The molecule has 1 aromatic rings. The van der Waals surface area contributed by atoms with Crippen LogP contribution in [0.1, 0.15) is 24.8 Å². The minimum Gasteiger partial charge on any atom is -0.478 e. The van der Waals surface area contributed by atoms with E-state index in [-0.39, 0.29) is 32.6 Å². The van der Waals surface area contributed by atoms with Gasteiger partial charge in [0.2, 0.25) is 17.9 Å². The van der Waals surface area contributed by atoms with Crippen LogP contribution in [-0.4, -0.2) is 72.2 Å². The largest absolute Gasteiger partial charge is 0.490 e. The second kappa shape index (κ2) is 12.4. The lowest BCUT2D eigenvalue weighted by Gasteiger charge is -2.24. The molecule has 1 heterocycles. The van der Waals surface area contributed by atoms with Gasteiger partial charge in [-0.15, -0.1) is 0 Å². The van der Waals surface area contributed by atoms with E-state index in [9.17, 15) is 37.5 Å². The van der Waals surface area contributed by atoms with E-state index in [0.717, 1.165) is 5.56 Å². The zero-order chi connectivity index (χ0) is 25.3. The number of ether oxygens (including phenoxy) is 1. The van der Waals surface area contributed by atoms with Gasteiger partial charge in [-0.1, -0.05) is 30.3 Å². The molecular formula is C22H28F3N3O6.